The molecule has 0 fully saturated rings. The van der Waals surface area contributed by atoms with E-state index in [4.69, 9.17) is 0 Å². The molecule has 0 aliphatic heterocycles. The van der Waals surface area contributed by atoms with Crippen molar-refractivity contribution >= 4 is 5.91 Å². The Balaban J connectivity index is 1.49. The summed E-state index contributed by atoms with van der Waals surface area (Å²) in [5.74, 6) is -0.531. The molecule has 0 saturated carbocycles. The van der Waals surface area contributed by atoms with Gasteiger partial charge in [0.15, 0.2) is 0 Å². The molecule has 2 heterocycles. The number of carbonyl (C=O) groups is 1. The lowest BCUT2D eigenvalue weighted by Crippen LogP contribution is -2.32. The third-order valence-corrected chi connectivity index (χ3v) is 4.89. The predicted molar refractivity (Wildman–Crippen MR) is 117 cm³/mol. The van der Waals surface area contributed by atoms with E-state index in [1.807, 2.05) is 71.4 Å². The molecule has 0 aliphatic rings. The molecule has 8 nitrogen and oxygen atoms in total. The molecule has 0 bridgehead atoms. The Hall–Kier alpha value is -4.20. The molecule has 1 atom stereocenters. The van der Waals surface area contributed by atoms with Crippen molar-refractivity contribution < 1.29 is 4.79 Å². The molecule has 1 unspecified atom stereocenters. The Kier molecular flexibility index (Phi) is 5.61. The van der Waals surface area contributed by atoms with Gasteiger partial charge in [-0.3, -0.25) is 19.3 Å². The summed E-state index contributed by atoms with van der Waals surface area (Å²) < 4.78 is 1.88. The van der Waals surface area contributed by atoms with Crippen LogP contribution in [0.4, 0.5) is 0 Å². The van der Waals surface area contributed by atoms with Crippen LogP contribution in [0, 0.1) is 0 Å². The van der Waals surface area contributed by atoms with Crippen LogP contribution in [-0.2, 0) is 6.54 Å². The summed E-state index contributed by atoms with van der Waals surface area (Å²) in [5.41, 5.74) is 2.56. The molecule has 31 heavy (non-hydrogen) atoms. The molecule has 2 aromatic carbocycles. The normalized spacial score (nSPS) is 11.8. The van der Waals surface area contributed by atoms with Crippen LogP contribution in [0.1, 0.15) is 34.6 Å². The van der Waals surface area contributed by atoms with Crippen molar-refractivity contribution in [3.63, 3.8) is 0 Å². The van der Waals surface area contributed by atoms with Crippen molar-refractivity contribution in [3.8, 4) is 11.1 Å². The largest absolute Gasteiger partial charge is 0.344 e. The first kappa shape index (κ1) is 20.1. The Bertz CT molecular complexity index is 1290. The van der Waals surface area contributed by atoms with Gasteiger partial charge >= 0.3 is 5.69 Å². The molecular formula is C23H21N5O3. The van der Waals surface area contributed by atoms with E-state index in [-0.39, 0.29) is 11.7 Å². The van der Waals surface area contributed by atoms with E-state index in [0.29, 0.717) is 6.54 Å². The monoisotopic (exact) mass is 415 g/mol. The number of hydrogen-bond acceptors (Lipinski definition) is 4. The van der Waals surface area contributed by atoms with E-state index in [2.05, 4.69) is 27.5 Å². The third kappa shape index (κ3) is 4.87. The highest BCUT2D eigenvalue weighted by Crippen LogP contribution is 2.23. The van der Waals surface area contributed by atoms with Crippen LogP contribution < -0.4 is 16.6 Å². The van der Waals surface area contributed by atoms with Gasteiger partial charge in [-0.05, 0) is 29.7 Å². The zero-order valence-electron chi connectivity index (χ0n) is 16.8. The van der Waals surface area contributed by atoms with Crippen LogP contribution in [-0.4, -0.2) is 25.7 Å². The summed E-state index contributed by atoms with van der Waals surface area (Å²) in [4.78, 5) is 39.6. The minimum Gasteiger partial charge on any atom is -0.344 e. The highest BCUT2D eigenvalue weighted by molar-refractivity contribution is 5.92. The fourth-order valence-electron chi connectivity index (χ4n) is 3.31. The van der Waals surface area contributed by atoms with Gasteiger partial charge in [-0.15, -0.1) is 0 Å². The van der Waals surface area contributed by atoms with Gasteiger partial charge in [-0.2, -0.15) is 5.10 Å². The van der Waals surface area contributed by atoms with E-state index >= 15 is 0 Å². The summed E-state index contributed by atoms with van der Waals surface area (Å²) >= 11 is 0. The zero-order valence-corrected chi connectivity index (χ0v) is 16.8. The maximum absolute atomic E-state index is 12.4. The lowest BCUT2D eigenvalue weighted by molar-refractivity contribution is 0.0934. The Morgan fingerprint density at radius 3 is 2.61 bits per heavy atom. The molecule has 8 heteroatoms. The predicted octanol–water partition coefficient (Wildman–Crippen LogP) is 2.47. The highest BCUT2D eigenvalue weighted by Gasteiger charge is 2.14. The molecule has 0 spiro atoms. The van der Waals surface area contributed by atoms with Gasteiger partial charge in [0.05, 0.1) is 18.8 Å². The maximum Gasteiger partial charge on any atom is 0.326 e. The van der Waals surface area contributed by atoms with E-state index in [1.54, 1.807) is 0 Å². The van der Waals surface area contributed by atoms with Crippen LogP contribution >= 0.6 is 0 Å². The van der Waals surface area contributed by atoms with E-state index in [0.717, 1.165) is 22.8 Å². The van der Waals surface area contributed by atoms with Crippen molar-refractivity contribution in [1.29, 1.82) is 0 Å². The topological polar surface area (TPSA) is 113 Å². The van der Waals surface area contributed by atoms with Gasteiger partial charge in [0.1, 0.15) is 5.69 Å². The minimum atomic E-state index is -0.722. The summed E-state index contributed by atoms with van der Waals surface area (Å²) in [6.45, 7) is 2.52. The van der Waals surface area contributed by atoms with Crippen LogP contribution in [0.15, 0.2) is 82.6 Å². The van der Waals surface area contributed by atoms with E-state index in [1.165, 1.54) is 5.56 Å². The molecule has 0 saturated heterocycles. The van der Waals surface area contributed by atoms with Gasteiger partial charge in [-0.1, -0.05) is 48.5 Å². The molecule has 2 aromatic heterocycles. The molecule has 4 aromatic rings. The molecular weight excluding hydrogens is 394 g/mol. The number of amides is 1. The number of nitrogens with zero attached hydrogens (tertiary/aromatic N) is 2. The quantitative estimate of drug-likeness (QED) is 0.449. The number of aromatic nitrogens is 4. The smallest absolute Gasteiger partial charge is 0.326 e. The summed E-state index contributed by atoms with van der Waals surface area (Å²) in [6, 6.07) is 18.6. The Labute approximate surface area is 177 Å². The lowest BCUT2D eigenvalue weighted by atomic mass is 10.0. The number of aromatic amines is 2. The van der Waals surface area contributed by atoms with E-state index in [9.17, 15) is 14.4 Å². The molecule has 4 rings (SSSR count). The van der Waals surface area contributed by atoms with Crippen molar-refractivity contribution in [2.24, 2.45) is 0 Å². The van der Waals surface area contributed by atoms with Crippen LogP contribution in [0.25, 0.3) is 11.1 Å². The lowest BCUT2D eigenvalue weighted by Gasteiger charge is -2.15. The molecule has 3 N–H and O–H groups in total. The number of hydrogen-bond donors (Lipinski definition) is 3. The van der Waals surface area contributed by atoms with Crippen LogP contribution in [0.3, 0.4) is 0 Å². The summed E-state index contributed by atoms with van der Waals surface area (Å²) in [7, 11) is 0. The maximum atomic E-state index is 12.4. The SMILES string of the molecule is CC(NC(=O)c1cc(=O)[nH]c(=O)[nH]1)c1cccc(-c2cnn(Cc3ccccc3)c2)c1. The Morgan fingerprint density at radius 1 is 1.03 bits per heavy atom. The average molecular weight is 415 g/mol. The van der Waals surface area contributed by atoms with Crippen molar-refractivity contribution in [3.05, 3.63) is 111 Å². The second-order valence-electron chi connectivity index (χ2n) is 7.23. The Morgan fingerprint density at radius 2 is 1.84 bits per heavy atom. The van der Waals surface area contributed by atoms with Gasteiger partial charge in [0.25, 0.3) is 11.5 Å². The number of carbonyl (C=O) groups excluding carboxylic acids is 1. The van der Waals surface area contributed by atoms with Crippen LogP contribution in [0.2, 0.25) is 0 Å². The standard InChI is InChI=1S/C23H21N5O3/c1-15(25-22(30)20-11-21(29)27-23(31)26-20)17-8-5-9-18(10-17)19-12-24-28(14-19)13-16-6-3-2-4-7-16/h2-12,14-15H,13H2,1H3,(H,25,30)(H2,26,27,29,31). The number of rotatable bonds is 6. The first-order valence-corrected chi connectivity index (χ1v) is 9.79. The third-order valence-electron chi connectivity index (χ3n) is 4.89. The molecule has 1 amide bonds. The summed E-state index contributed by atoms with van der Waals surface area (Å²) in [5, 5.41) is 7.25. The first-order chi connectivity index (χ1) is 15.0. The molecule has 0 radical (unpaired) electrons. The van der Waals surface area contributed by atoms with Gasteiger partial charge < -0.3 is 10.3 Å². The van der Waals surface area contributed by atoms with Crippen LogP contribution in [0.5, 0.6) is 0 Å². The second kappa shape index (κ2) is 8.66. The van der Waals surface area contributed by atoms with E-state index < -0.39 is 17.2 Å². The fourth-order valence-corrected chi connectivity index (χ4v) is 3.31. The fraction of sp³-hybridized carbons (Fsp3) is 0.130. The second-order valence-corrected chi connectivity index (χ2v) is 7.23. The van der Waals surface area contributed by atoms with Crippen molar-refractivity contribution in [2.75, 3.05) is 0 Å². The van der Waals surface area contributed by atoms with Crippen molar-refractivity contribution in [2.45, 2.75) is 19.5 Å². The number of nitrogens with one attached hydrogen (secondary N) is 3. The number of H-pyrrole nitrogens is 2. The average Bonchev–Trinajstić information content (AvgIpc) is 3.22. The van der Waals surface area contributed by atoms with Gasteiger partial charge in [0.2, 0.25) is 0 Å². The molecule has 0 aliphatic carbocycles. The summed E-state index contributed by atoms with van der Waals surface area (Å²) in [6.07, 6.45) is 3.79. The van der Waals surface area contributed by atoms with Gasteiger partial charge in [-0.25, -0.2) is 4.79 Å². The van der Waals surface area contributed by atoms with Gasteiger partial charge in [0, 0.05) is 17.8 Å². The van der Waals surface area contributed by atoms with Crippen molar-refractivity contribution in [1.82, 2.24) is 25.1 Å². The highest BCUT2D eigenvalue weighted by atomic mass is 16.2. The number of benzene rings is 2. The minimum absolute atomic E-state index is 0.0843. The molecule has 156 valence electrons. The first-order valence-electron chi connectivity index (χ1n) is 9.79. The zero-order chi connectivity index (χ0) is 21.8.